The van der Waals surface area contributed by atoms with E-state index in [4.69, 9.17) is 9.84 Å². The molecule has 0 heterocycles. The first-order chi connectivity index (χ1) is 11.6. The maximum absolute atomic E-state index is 12.0. The summed E-state index contributed by atoms with van der Waals surface area (Å²) in [6, 6.07) is 14.9. The summed E-state index contributed by atoms with van der Waals surface area (Å²) in [7, 11) is 1.62. The number of aryl methyl sites for hydroxylation is 2. The van der Waals surface area contributed by atoms with E-state index in [1.54, 1.807) is 19.2 Å². The molecule has 0 aliphatic carbocycles. The van der Waals surface area contributed by atoms with Crippen LogP contribution >= 0.6 is 0 Å². The molecule has 0 atom stereocenters. The lowest BCUT2D eigenvalue weighted by atomic mass is 10.1. The Balaban J connectivity index is 1.79. The van der Waals surface area contributed by atoms with Crippen molar-refractivity contribution in [3.8, 4) is 5.75 Å². The van der Waals surface area contributed by atoms with Gasteiger partial charge in [-0.1, -0.05) is 24.3 Å². The normalized spacial score (nSPS) is 10.2. The minimum Gasteiger partial charge on any atom is -0.497 e. The Kier molecular flexibility index (Phi) is 6.37. The van der Waals surface area contributed by atoms with Gasteiger partial charge in [0.2, 0.25) is 5.91 Å². The Labute approximate surface area is 141 Å². The van der Waals surface area contributed by atoms with Crippen LogP contribution in [0.1, 0.15) is 24.0 Å². The number of carbonyl (C=O) groups excluding carboxylic acids is 1. The second-order valence-corrected chi connectivity index (χ2v) is 5.49. The Hall–Kier alpha value is -2.82. The Bertz CT molecular complexity index is 678. The van der Waals surface area contributed by atoms with E-state index in [0.717, 1.165) is 16.9 Å². The number of hydrogen-bond acceptors (Lipinski definition) is 3. The van der Waals surface area contributed by atoms with Gasteiger partial charge in [-0.05, 0) is 48.2 Å². The number of benzene rings is 2. The monoisotopic (exact) mass is 327 g/mol. The van der Waals surface area contributed by atoms with Gasteiger partial charge in [-0.2, -0.15) is 0 Å². The molecule has 2 N–H and O–H groups in total. The van der Waals surface area contributed by atoms with Crippen LogP contribution in [-0.2, 0) is 22.4 Å². The van der Waals surface area contributed by atoms with Crippen LogP contribution in [0.25, 0.3) is 0 Å². The van der Waals surface area contributed by atoms with Crippen molar-refractivity contribution in [2.24, 2.45) is 0 Å². The average molecular weight is 327 g/mol. The molecule has 2 rings (SSSR count). The van der Waals surface area contributed by atoms with Gasteiger partial charge >= 0.3 is 5.97 Å². The maximum atomic E-state index is 12.0. The van der Waals surface area contributed by atoms with Crippen molar-refractivity contribution in [2.45, 2.75) is 25.7 Å². The van der Waals surface area contributed by atoms with Crippen LogP contribution in [0.4, 0.5) is 5.69 Å². The third-order valence-electron chi connectivity index (χ3n) is 3.67. The quantitative estimate of drug-likeness (QED) is 0.780. The fourth-order valence-corrected chi connectivity index (χ4v) is 2.28. The first kappa shape index (κ1) is 17.5. The Morgan fingerprint density at radius 3 is 2.00 bits per heavy atom. The van der Waals surface area contributed by atoms with Crippen LogP contribution in [0, 0.1) is 0 Å². The third-order valence-corrected chi connectivity index (χ3v) is 3.67. The average Bonchev–Trinajstić information content (AvgIpc) is 2.60. The van der Waals surface area contributed by atoms with E-state index < -0.39 is 5.97 Å². The molecule has 0 saturated carbocycles. The molecule has 0 aliphatic rings. The van der Waals surface area contributed by atoms with Gasteiger partial charge in [0.05, 0.1) is 7.11 Å². The van der Waals surface area contributed by atoms with E-state index in [1.807, 2.05) is 36.4 Å². The molecule has 2 aromatic carbocycles. The van der Waals surface area contributed by atoms with Crippen molar-refractivity contribution < 1.29 is 19.4 Å². The second kappa shape index (κ2) is 8.72. The van der Waals surface area contributed by atoms with Crippen LogP contribution in [0.15, 0.2) is 48.5 Å². The molecule has 126 valence electrons. The van der Waals surface area contributed by atoms with Crippen LogP contribution in [0.2, 0.25) is 0 Å². The fraction of sp³-hybridized carbons (Fsp3) is 0.263. The van der Waals surface area contributed by atoms with Gasteiger partial charge in [0.15, 0.2) is 0 Å². The molecule has 0 fully saturated rings. The van der Waals surface area contributed by atoms with E-state index in [1.165, 1.54) is 0 Å². The molecule has 0 aromatic heterocycles. The zero-order valence-corrected chi connectivity index (χ0v) is 13.6. The van der Waals surface area contributed by atoms with Gasteiger partial charge < -0.3 is 15.2 Å². The van der Waals surface area contributed by atoms with Gasteiger partial charge in [0.25, 0.3) is 0 Å². The van der Waals surface area contributed by atoms with Crippen LogP contribution in [0.3, 0.4) is 0 Å². The van der Waals surface area contributed by atoms with Gasteiger partial charge in [0.1, 0.15) is 5.75 Å². The maximum Gasteiger partial charge on any atom is 0.303 e. The third kappa shape index (κ3) is 5.76. The molecule has 5 nitrogen and oxygen atoms in total. The van der Waals surface area contributed by atoms with Crippen molar-refractivity contribution in [1.82, 2.24) is 0 Å². The number of carboxylic acids is 1. The van der Waals surface area contributed by atoms with Crippen molar-refractivity contribution >= 4 is 17.6 Å². The SMILES string of the molecule is COc1ccc(CCC(=O)Nc2ccc(CCC(=O)O)cc2)cc1. The summed E-state index contributed by atoms with van der Waals surface area (Å²) in [4.78, 5) is 22.5. The molecule has 2 aromatic rings. The van der Waals surface area contributed by atoms with Crippen molar-refractivity contribution in [1.29, 1.82) is 0 Å². The predicted octanol–water partition coefficient (Wildman–Crippen LogP) is 3.28. The summed E-state index contributed by atoms with van der Waals surface area (Å²) in [5, 5.41) is 11.5. The number of nitrogens with one attached hydrogen (secondary N) is 1. The standard InChI is InChI=1S/C19H21NO4/c1-24-17-10-4-15(5-11-17)6-12-18(21)20-16-8-2-14(3-9-16)7-13-19(22)23/h2-5,8-11H,6-7,12-13H2,1H3,(H,20,21)(H,22,23). The molecule has 0 spiro atoms. The predicted molar refractivity (Wildman–Crippen MR) is 92.3 cm³/mol. The summed E-state index contributed by atoms with van der Waals surface area (Å²) in [5.74, 6) is -0.0683. The first-order valence-corrected chi connectivity index (χ1v) is 7.80. The topological polar surface area (TPSA) is 75.6 Å². The molecule has 0 bridgehead atoms. The lowest BCUT2D eigenvalue weighted by Gasteiger charge is -2.07. The van der Waals surface area contributed by atoms with Gasteiger partial charge in [-0.15, -0.1) is 0 Å². The van der Waals surface area contributed by atoms with Gasteiger partial charge in [0, 0.05) is 18.5 Å². The summed E-state index contributed by atoms with van der Waals surface area (Å²) in [6.07, 6.45) is 1.65. The summed E-state index contributed by atoms with van der Waals surface area (Å²) in [5.41, 5.74) is 2.73. The molecule has 0 radical (unpaired) electrons. The number of hydrogen-bond donors (Lipinski definition) is 2. The lowest BCUT2D eigenvalue weighted by molar-refractivity contribution is -0.137. The van der Waals surface area contributed by atoms with E-state index in [0.29, 0.717) is 24.9 Å². The molecular formula is C19H21NO4. The number of anilines is 1. The number of amides is 1. The van der Waals surface area contributed by atoms with E-state index in [2.05, 4.69) is 5.32 Å². The van der Waals surface area contributed by atoms with E-state index in [9.17, 15) is 9.59 Å². The molecule has 0 saturated heterocycles. The molecule has 0 aliphatic heterocycles. The molecule has 0 unspecified atom stereocenters. The largest absolute Gasteiger partial charge is 0.497 e. The number of aliphatic carboxylic acids is 1. The zero-order valence-electron chi connectivity index (χ0n) is 13.6. The molecule has 5 heteroatoms. The van der Waals surface area contributed by atoms with E-state index in [-0.39, 0.29) is 12.3 Å². The number of rotatable bonds is 8. The molecule has 24 heavy (non-hydrogen) atoms. The fourth-order valence-electron chi connectivity index (χ4n) is 2.28. The highest BCUT2D eigenvalue weighted by Crippen LogP contribution is 2.14. The van der Waals surface area contributed by atoms with Gasteiger partial charge in [-0.3, -0.25) is 9.59 Å². The highest BCUT2D eigenvalue weighted by atomic mass is 16.5. The molecule has 1 amide bonds. The van der Waals surface area contributed by atoms with Crippen LogP contribution < -0.4 is 10.1 Å². The minimum atomic E-state index is -0.814. The highest BCUT2D eigenvalue weighted by Gasteiger charge is 2.04. The minimum absolute atomic E-state index is 0.0518. The number of methoxy groups -OCH3 is 1. The first-order valence-electron chi connectivity index (χ1n) is 7.80. The number of carboxylic acid groups (broad SMARTS) is 1. The Morgan fingerprint density at radius 2 is 1.46 bits per heavy atom. The van der Waals surface area contributed by atoms with Crippen molar-refractivity contribution in [2.75, 3.05) is 12.4 Å². The summed E-state index contributed by atoms with van der Waals surface area (Å²) in [6.45, 7) is 0. The van der Waals surface area contributed by atoms with Crippen molar-refractivity contribution in [3.05, 3.63) is 59.7 Å². The summed E-state index contributed by atoms with van der Waals surface area (Å²) < 4.78 is 5.10. The second-order valence-electron chi connectivity index (χ2n) is 5.49. The van der Waals surface area contributed by atoms with Crippen LogP contribution in [0.5, 0.6) is 5.75 Å². The molecular weight excluding hydrogens is 306 g/mol. The Morgan fingerprint density at radius 1 is 0.917 bits per heavy atom. The van der Waals surface area contributed by atoms with Crippen LogP contribution in [-0.4, -0.2) is 24.1 Å². The zero-order chi connectivity index (χ0) is 17.4. The highest BCUT2D eigenvalue weighted by molar-refractivity contribution is 5.90. The summed E-state index contributed by atoms with van der Waals surface area (Å²) >= 11 is 0. The lowest BCUT2D eigenvalue weighted by Crippen LogP contribution is -2.12. The van der Waals surface area contributed by atoms with Gasteiger partial charge in [-0.25, -0.2) is 0 Å². The van der Waals surface area contributed by atoms with Crippen molar-refractivity contribution in [3.63, 3.8) is 0 Å². The van der Waals surface area contributed by atoms with E-state index >= 15 is 0 Å². The number of carbonyl (C=O) groups is 2. The smallest absolute Gasteiger partial charge is 0.303 e. The number of ether oxygens (including phenoxy) is 1.